The molecule has 0 atom stereocenters. The molecule has 0 aromatic rings. The summed E-state index contributed by atoms with van der Waals surface area (Å²) in [6.45, 7) is 9.27. The number of likely N-dealkylation sites (tertiary alicyclic amines) is 1. The summed E-state index contributed by atoms with van der Waals surface area (Å²) in [5.74, 6) is -0.721. The number of likely N-dealkylation sites (N-methyl/N-ethyl adjacent to an activating group) is 1. The third kappa shape index (κ3) is 3.74. The van der Waals surface area contributed by atoms with E-state index in [1.54, 1.807) is 16.8 Å². The molecule has 1 heterocycles. The van der Waals surface area contributed by atoms with E-state index in [4.69, 9.17) is 0 Å². The zero-order valence-corrected chi connectivity index (χ0v) is 12.8. The summed E-state index contributed by atoms with van der Waals surface area (Å²) >= 11 is 0. The van der Waals surface area contributed by atoms with Crippen molar-refractivity contribution in [3.8, 4) is 0 Å². The lowest BCUT2D eigenvalue weighted by Crippen LogP contribution is -2.50. The van der Waals surface area contributed by atoms with Crippen molar-refractivity contribution in [2.75, 3.05) is 26.7 Å². The van der Waals surface area contributed by atoms with Crippen LogP contribution >= 0.6 is 0 Å². The smallest absolute Gasteiger partial charge is 0.320 e. The van der Waals surface area contributed by atoms with Crippen LogP contribution in [0, 0.1) is 5.41 Å². The van der Waals surface area contributed by atoms with E-state index in [0.717, 1.165) is 12.0 Å². The molecule has 0 radical (unpaired) electrons. The Morgan fingerprint density at radius 3 is 2.30 bits per heavy atom. The van der Waals surface area contributed by atoms with Gasteiger partial charge in [0, 0.05) is 26.7 Å². The van der Waals surface area contributed by atoms with Gasteiger partial charge in [-0.25, -0.2) is 4.79 Å². The first kappa shape index (κ1) is 16.5. The molecule has 1 N–H and O–H groups in total. The van der Waals surface area contributed by atoms with Crippen LogP contribution in [0.2, 0.25) is 0 Å². The molecule has 1 aliphatic heterocycles. The van der Waals surface area contributed by atoms with Crippen molar-refractivity contribution in [3.63, 3.8) is 0 Å². The molecule has 0 aromatic heterocycles. The lowest BCUT2D eigenvalue weighted by molar-refractivity contribution is -0.152. The van der Waals surface area contributed by atoms with Crippen LogP contribution in [0.4, 0.5) is 4.79 Å². The van der Waals surface area contributed by atoms with Crippen LogP contribution in [0.15, 0.2) is 12.2 Å². The lowest BCUT2D eigenvalue weighted by Gasteiger charge is -2.40. The Bertz CT molecular complexity index is 385. The predicted molar refractivity (Wildman–Crippen MR) is 78.6 cm³/mol. The monoisotopic (exact) mass is 282 g/mol. The number of rotatable bonds is 5. The van der Waals surface area contributed by atoms with E-state index < -0.39 is 11.4 Å². The van der Waals surface area contributed by atoms with Crippen molar-refractivity contribution in [3.05, 3.63) is 12.2 Å². The van der Waals surface area contributed by atoms with Gasteiger partial charge in [0.2, 0.25) is 0 Å². The number of carboxylic acid groups (broad SMARTS) is 1. The second kappa shape index (κ2) is 6.77. The van der Waals surface area contributed by atoms with Gasteiger partial charge in [0.05, 0.1) is 5.41 Å². The number of piperidine rings is 1. The van der Waals surface area contributed by atoms with Crippen LogP contribution in [0.1, 0.15) is 39.5 Å². The van der Waals surface area contributed by atoms with E-state index in [1.807, 2.05) is 13.8 Å². The van der Waals surface area contributed by atoms with E-state index in [2.05, 4.69) is 6.58 Å². The minimum Gasteiger partial charge on any atom is -0.481 e. The minimum absolute atomic E-state index is 0.0384. The number of hydrogen-bond donors (Lipinski definition) is 1. The predicted octanol–water partition coefficient (Wildman–Crippen LogP) is 2.58. The fourth-order valence-electron chi connectivity index (χ4n) is 2.89. The molecule has 20 heavy (non-hydrogen) atoms. The third-order valence-electron chi connectivity index (χ3n) is 4.01. The molecule has 0 unspecified atom stereocenters. The Hall–Kier alpha value is -1.52. The Morgan fingerprint density at radius 2 is 1.90 bits per heavy atom. The van der Waals surface area contributed by atoms with Crippen molar-refractivity contribution >= 4 is 12.0 Å². The molecule has 1 saturated heterocycles. The Balaban J connectivity index is 2.62. The molecule has 1 aliphatic rings. The van der Waals surface area contributed by atoms with E-state index in [9.17, 15) is 14.7 Å². The van der Waals surface area contributed by atoms with Gasteiger partial charge in [0.25, 0.3) is 0 Å². The molecule has 0 spiro atoms. The van der Waals surface area contributed by atoms with Crippen molar-refractivity contribution in [1.29, 1.82) is 0 Å². The highest BCUT2D eigenvalue weighted by molar-refractivity contribution is 5.77. The maximum atomic E-state index is 12.2. The second-order valence-electron chi connectivity index (χ2n) is 5.92. The van der Waals surface area contributed by atoms with Gasteiger partial charge < -0.3 is 14.9 Å². The molecule has 114 valence electrons. The van der Waals surface area contributed by atoms with Gasteiger partial charge in [-0.3, -0.25) is 4.79 Å². The quantitative estimate of drug-likeness (QED) is 0.788. The van der Waals surface area contributed by atoms with Gasteiger partial charge in [0.1, 0.15) is 0 Å². The number of carbonyl (C=O) groups excluding carboxylic acids is 1. The van der Waals surface area contributed by atoms with Gasteiger partial charge in [-0.15, -0.1) is 0 Å². The summed E-state index contributed by atoms with van der Waals surface area (Å²) < 4.78 is 0. The van der Waals surface area contributed by atoms with Crippen LogP contribution < -0.4 is 0 Å². The highest BCUT2D eigenvalue weighted by Crippen LogP contribution is 2.36. The topological polar surface area (TPSA) is 60.9 Å². The van der Waals surface area contributed by atoms with E-state index in [-0.39, 0.29) is 6.03 Å². The molecule has 0 aliphatic carbocycles. The fourth-order valence-corrected chi connectivity index (χ4v) is 2.89. The van der Waals surface area contributed by atoms with Gasteiger partial charge in [-0.1, -0.05) is 25.5 Å². The summed E-state index contributed by atoms with van der Waals surface area (Å²) in [4.78, 5) is 27.1. The first-order valence-corrected chi connectivity index (χ1v) is 7.20. The number of carbonyl (C=O) groups is 2. The number of aliphatic carboxylic acids is 1. The summed E-state index contributed by atoms with van der Waals surface area (Å²) in [5, 5.41) is 9.45. The van der Waals surface area contributed by atoms with E-state index >= 15 is 0 Å². The Labute approximate surface area is 121 Å². The van der Waals surface area contributed by atoms with Crippen molar-refractivity contribution < 1.29 is 14.7 Å². The molecule has 0 saturated carbocycles. The fraction of sp³-hybridized carbons (Fsp3) is 0.733. The summed E-state index contributed by atoms with van der Waals surface area (Å²) in [5.41, 5.74) is 0.294. The van der Waals surface area contributed by atoms with Crippen molar-refractivity contribution in [2.24, 2.45) is 5.41 Å². The molecular formula is C15H26N2O3. The molecule has 0 bridgehead atoms. The summed E-state index contributed by atoms with van der Waals surface area (Å²) in [6, 6.07) is -0.0384. The van der Waals surface area contributed by atoms with Crippen LogP contribution in [0.3, 0.4) is 0 Å². The molecule has 1 rings (SSSR count). The Morgan fingerprint density at radius 1 is 1.35 bits per heavy atom. The maximum absolute atomic E-state index is 12.2. The largest absolute Gasteiger partial charge is 0.481 e. The van der Waals surface area contributed by atoms with Crippen molar-refractivity contribution in [2.45, 2.75) is 39.5 Å². The van der Waals surface area contributed by atoms with Crippen molar-refractivity contribution in [1.82, 2.24) is 9.80 Å². The normalized spacial score (nSPS) is 17.6. The first-order valence-electron chi connectivity index (χ1n) is 7.20. The highest BCUT2D eigenvalue weighted by Gasteiger charge is 2.41. The second-order valence-corrected chi connectivity index (χ2v) is 5.92. The zero-order chi connectivity index (χ0) is 15.3. The van der Waals surface area contributed by atoms with Gasteiger partial charge >= 0.3 is 12.0 Å². The van der Waals surface area contributed by atoms with E-state index in [0.29, 0.717) is 38.9 Å². The number of carboxylic acids is 1. The van der Waals surface area contributed by atoms with Crippen LogP contribution in [-0.4, -0.2) is 53.6 Å². The van der Waals surface area contributed by atoms with Crippen LogP contribution in [0.5, 0.6) is 0 Å². The van der Waals surface area contributed by atoms with E-state index in [1.165, 1.54) is 0 Å². The van der Waals surface area contributed by atoms with Crippen LogP contribution in [0.25, 0.3) is 0 Å². The highest BCUT2D eigenvalue weighted by atomic mass is 16.4. The summed E-state index contributed by atoms with van der Waals surface area (Å²) in [7, 11) is 1.75. The molecule has 1 fully saturated rings. The Kier molecular flexibility index (Phi) is 5.60. The van der Waals surface area contributed by atoms with Gasteiger partial charge in [-0.2, -0.15) is 0 Å². The van der Waals surface area contributed by atoms with Gasteiger partial charge in [-0.05, 0) is 26.2 Å². The number of nitrogens with zero attached hydrogens (tertiary/aromatic N) is 2. The molecule has 5 heteroatoms. The van der Waals surface area contributed by atoms with Gasteiger partial charge in [0.15, 0.2) is 0 Å². The minimum atomic E-state index is -0.721. The third-order valence-corrected chi connectivity index (χ3v) is 4.01. The SMILES string of the molecule is C=C(C)CN(C)C(=O)N1CCC(CCC)(C(=O)O)CC1. The number of hydrogen-bond acceptors (Lipinski definition) is 2. The molecular weight excluding hydrogens is 256 g/mol. The number of amides is 2. The lowest BCUT2D eigenvalue weighted by atomic mass is 9.75. The summed E-state index contributed by atoms with van der Waals surface area (Å²) in [6.07, 6.45) is 2.63. The first-order chi connectivity index (χ1) is 9.32. The molecule has 2 amide bonds. The average molecular weight is 282 g/mol. The standard InChI is InChI=1S/C15H26N2O3/c1-5-6-15(13(18)19)7-9-17(10-8-15)14(20)16(4)11-12(2)3/h2,5-11H2,1,3-4H3,(H,18,19). The average Bonchev–Trinajstić information content (AvgIpc) is 2.38. The molecule has 5 nitrogen and oxygen atoms in total. The number of urea groups is 1. The van der Waals surface area contributed by atoms with Crippen LogP contribution in [-0.2, 0) is 4.79 Å². The molecule has 0 aromatic carbocycles. The zero-order valence-electron chi connectivity index (χ0n) is 12.8. The maximum Gasteiger partial charge on any atom is 0.320 e.